The molecule has 0 unspecified atom stereocenters. The van der Waals surface area contributed by atoms with E-state index < -0.39 is 8.80 Å². The van der Waals surface area contributed by atoms with Crippen molar-refractivity contribution in [3.63, 3.8) is 0 Å². The van der Waals surface area contributed by atoms with E-state index in [9.17, 15) is 0 Å². The molecule has 1 saturated carbocycles. The first-order valence-electron chi connectivity index (χ1n) is 5.74. The van der Waals surface area contributed by atoms with Crippen LogP contribution in [0.4, 0.5) is 0 Å². The Kier molecular flexibility index (Phi) is 4.35. The predicted octanol–water partition coefficient (Wildman–Crippen LogP) is 2.98. The normalized spacial score (nSPS) is 19.8. The zero-order valence-electron chi connectivity index (χ0n) is 10.6. The Labute approximate surface area is 94.5 Å². The largest absolute Gasteiger partial charge is 0.504 e. The lowest BCUT2D eigenvalue weighted by Crippen LogP contribution is -2.52. The van der Waals surface area contributed by atoms with E-state index in [2.05, 4.69) is 20.8 Å². The molecular weight excluding hydrogens is 208 g/mol. The minimum absolute atomic E-state index is 0.194. The van der Waals surface area contributed by atoms with Gasteiger partial charge >= 0.3 is 8.80 Å². The van der Waals surface area contributed by atoms with E-state index in [-0.39, 0.29) is 5.60 Å². The van der Waals surface area contributed by atoms with E-state index >= 15 is 0 Å². The van der Waals surface area contributed by atoms with Crippen LogP contribution in [-0.4, -0.2) is 28.6 Å². The summed E-state index contributed by atoms with van der Waals surface area (Å²) in [5, 5.41) is 0. The average Bonchev–Trinajstić information content (AvgIpc) is 2.66. The summed E-state index contributed by atoms with van der Waals surface area (Å²) in [6.07, 6.45) is 4.92. The van der Waals surface area contributed by atoms with Crippen LogP contribution < -0.4 is 0 Å². The average molecular weight is 232 g/mol. The van der Waals surface area contributed by atoms with Crippen LogP contribution in [-0.2, 0) is 13.3 Å². The third-order valence-electron chi connectivity index (χ3n) is 2.87. The molecule has 0 aromatic carbocycles. The zero-order chi connectivity index (χ0) is 11.5. The highest BCUT2D eigenvalue weighted by Gasteiger charge is 2.51. The van der Waals surface area contributed by atoms with E-state index in [4.69, 9.17) is 13.3 Å². The summed E-state index contributed by atoms with van der Waals surface area (Å²) in [6.45, 7) is 6.17. The van der Waals surface area contributed by atoms with Gasteiger partial charge in [-0.3, -0.25) is 0 Å². The Bertz CT molecular complexity index is 190. The maximum absolute atomic E-state index is 6.10. The summed E-state index contributed by atoms with van der Waals surface area (Å²) in [6, 6.07) is 0. The molecule has 1 aliphatic carbocycles. The van der Waals surface area contributed by atoms with Gasteiger partial charge in [0.2, 0.25) is 0 Å². The lowest BCUT2D eigenvalue weighted by molar-refractivity contribution is 0.00931. The lowest BCUT2D eigenvalue weighted by Gasteiger charge is -2.37. The zero-order valence-corrected chi connectivity index (χ0v) is 11.6. The van der Waals surface area contributed by atoms with Crippen LogP contribution in [0.1, 0.15) is 46.5 Å². The van der Waals surface area contributed by atoms with Crippen molar-refractivity contribution < 1.29 is 13.3 Å². The van der Waals surface area contributed by atoms with Crippen LogP contribution in [0.5, 0.6) is 0 Å². The van der Waals surface area contributed by atoms with Crippen LogP contribution in [0.2, 0.25) is 5.54 Å². The minimum atomic E-state index is -2.45. The summed E-state index contributed by atoms with van der Waals surface area (Å²) in [5.74, 6) is 0. The minimum Gasteiger partial charge on any atom is -0.377 e. The first-order valence-corrected chi connectivity index (χ1v) is 7.54. The van der Waals surface area contributed by atoms with Gasteiger partial charge in [0.15, 0.2) is 0 Å². The standard InChI is InChI=1S/C11H24O3Si/c1-11(2,3)14-15(12-4,13-5)10-8-6-7-9-10/h10H,6-9H2,1-5H3. The second kappa shape index (κ2) is 4.95. The summed E-state index contributed by atoms with van der Waals surface area (Å²) in [4.78, 5) is 0. The highest BCUT2D eigenvalue weighted by atomic mass is 28.4. The fourth-order valence-electron chi connectivity index (χ4n) is 2.29. The van der Waals surface area contributed by atoms with Crippen molar-refractivity contribution in [2.45, 2.75) is 57.6 Å². The molecular formula is C11H24O3Si. The molecule has 0 aliphatic heterocycles. The molecule has 0 saturated heterocycles. The smallest absolute Gasteiger partial charge is 0.377 e. The first-order chi connectivity index (χ1) is 6.93. The van der Waals surface area contributed by atoms with Crippen LogP contribution in [0.25, 0.3) is 0 Å². The molecule has 4 heteroatoms. The molecule has 1 aliphatic rings. The Morgan fingerprint density at radius 2 is 1.47 bits per heavy atom. The molecule has 0 aromatic heterocycles. The summed E-state index contributed by atoms with van der Waals surface area (Å²) >= 11 is 0. The SMILES string of the molecule is CO[Si](OC)(OC(C)(C)C)C1CCCC1. The highest BCUT2D eigenvalue weighted by molar-refractivity contribution is 6.62. The van der Waals surface area contributed by atoms with Crippen molar-refractivity contribution in [3.05, 3.63) is 0 Å². The summed E-state index contributed by atoms with van der Waals surface area (Å²) < 4.78 is 17.4. The topological polar surface area (TPSA) is 27.7 Å². The molecule has 0 heterocycles. The molecule has 0 radical (unpaired) electrons. The van der Waals surface area contributed by atoms with Crippen molar-refractivity contribution >= 4 is 8.80 Å². The van der Waals surface area contributed by atoms with Gasteiger partial charge in [-0.15, -0.1) is 0 Å². The van der Waals surface area contributed by atoms with Gasteiger partial charge in [-0.25, -0.2) is 0 Å². The van der Waals surface area contributed by atoms with E-state index in [1.54, 1.807) is 14.2 Å². The van der Waals surface area contributed by atoms with Gasteiger partial charge in [0.1, 0.15) is 0 Å². The molecule has 0 N–H and O–H groups in total. The molecule has 0 aromatic rings. The van der Waals surface area contributed by atoms with Gasteiger partial charge in [-0.05, 0) is 33.6 Å². The molecule has 15 heavy (non-hydrogen) atoms. The van der Waals surface area contributed by atoms with E-state index in [0.29, 0.717) is 5.54 Å². The van der Waals surface area contributed by atoms with E-state index in [1.807, 2.05) is 0 Å². The Morgan fingerprint density at radius 3 is 1.80 bits per heavy atom. The van der Waals surface area contributed by atoms with Crippen molar-refractivity contribution in [1.29, 1.82) is 0 Å². The Morgan fingerprint density at radius 1 is 1.00 bits per heavy atom. The molecule has 0 atom stereocenters. The highest BCUT2D eigenvalue weighted by Crippen LogP contribution is 2.41. The van der Waals surface area contributed by atoms with E-state index in [1.165, 1.54) is 25.7 Å². The molecule has 1 rings (SSSR count). The first kappa shape index (κ1) is 13.2. The number of rotatable bonds is 4. The van der Waals surface area contributed by atoms with Gasteiger partial charge in [0.25, 0.3) is 0 Å². The Hall–Kier alpha value is 0.0969. The number of hydrogen-bond donors (Lipinski definition) is 0. The summed E-state index contributed by atoms with van der Waals surface area (Å²) in [7, 11) is 0.998. The third-order valence-corrected chi connectivity index (χ3v) is 6.48. The quantitative estimate of drug-likeness (QED) is 0.697. The van der Waals surface area contributed by atoms with Crippen molar-refractivity contribution in [2.75, 3.05) is 14.2 Å². The third kappa shape index (κ3) is 3.28. The van der Waals surface area contributed by atoms with Crippen molar-refractivity contribution in [3.8, 4) is 0 Å². The van der Waals surface area contributed by atoms with Crippen LogP contribution in [0.3, 0.4) is 0 Å². The van der Waals surface area contributed by atoms with Gasteiger partial charge in [-0.1, -0.05) is 12.8 Å². The fraction of sp³-hybridized carbons (Fsp3) is 1.00. The van der Waals surface area contributed by atoms with Gasteiger partial charge < -0.3 is 13.3 Å². The maximum atomic E-state index is 6.10. The second-order valence-electron chi connectivity index (χ2n) is 5.21. The molecule has 3 nitrogen and oxygen atoms in total. The lowest BCUT2D eigenvalue weighted by atomic mass is 10.2. The summed E-state index contributed by atoms with van der Waals surface area (Å²) in [5.41, 5.74) is 0.299. The predicted molar refractivity (Wildman–Crippen MR) is 62.8 cm³/mol. The molecule has 0 amide bonds. The van der Waals surface area contributed by atoms with E-state index in [0.717, 1.165) is 0 Å². The van der Waals surface area contributed by atoms with Gasteiger partial charge in [0.05, 0.1) is 5.60 Å². The second-order valence-corrected chi connectivity index (χ2v) is 8.25. The van der Waals surface area contributed by atoms with Crippen molar-refractivity contribution in [1.82, 2.24) is 0 Å². The Balaban J connectivity index is 2.76. The molecule has 90 valence electrons. The van der Waals surface area contributed by atoms with Crippen LogP contribution >= 0.6 is 0 Å². The number of hydrogen-bond acceptors (Lipinski definition) is 3. The maximum Gasteiger partial charge on any atom is 0.504 e. The van der Waals surface area contributed by atoms with Crippen LogP contribution in [0, 0.1) is 0 Å². The van der Waals surface area contributed by atoms with Crippen LogP contribution in [0.15, 0.2) is 0 Å². The monoisotopic (exact) mass is 232 g/mol. The molecule has 0 bridgehead atoms. The molecule has 1 fully saturated rings. The van der Waals surface area contributed by atoms with Gasteiger partial charge in [-0.2, -0.15) is 0 Å². The molecule has 0 spiro atoms. The fourth-order valence-corrected chi connectivity index (χ4v) is 5.43. The van der Waals surface area contributed by atoms with Crippen molar-refractivity contribution in [2.24, 2.45) is 0 Å². The van der Waals surface area contributed by atoms with Gasteiger partial charge in [0, 0.05) is 19.8 Å².